The first-order valence-corrected chi connectivity index (χ1v) is 24.0. The van der Waals surface area contributed by atoms with Crippen molar-refractivity contribution >= 4 is 68.6 Å². The summed E-state index contributed by atoms with van der Waals surface area (Å²) < 4.78 is 0. The average molecular weight is 856 g/mol. The van der Waals surface area contributed by atoms with Gasteiger partial charge in [-0.1, -0.05) is 170 Å². The molecule has 0 amide bonds. The van der Waals surface area contributed by atoms with Crippen LogP contribution in [-0.2, 0) is 28.2 Å². The van der Waals surface area contributed by atoms with E-state index in [1.54, 1.807) is 0 Å². The second kappa shape index (κ2) is 14.4. The molecule has 4 aliphatic rings. The standard InChI is InChI=1S/C62H58BN3/c1-59(2,3)44-28-31-47(32-29-44)65-55-34-30-45(60(4,5)6)38-52(55)63-51-25-17-18-26-54(51)64(46-22-13-10-14-23-46)56-39-48(40-57(65)58(56)63)66-53-33-27-43(41-19-11-9-12-20-41)37-50(53)61(7)36-35-42-21-15-16-24-49(42)62(61,66)8/h9-34,37-40H,35-36H2,1-8H3. The van der Waals surface area contributed by atoms with Gasteiger partial charge in [0.1, 0.15) is 0 Å². The lowest BCUT2D eigenvalue weighted by molar-refractivity contribution is 0.245. The van der Waals surface area contributed by atoms with Crippen molar-refractivity contribution in [3.63, 3.8) is 0 Å². The number of aryl methyl sites for hydroxylation is 1. The van der Waals surface area contributed by atoms with E-state index in [1.165, 1.54) is 95.1 Å². The lowest BCUT2D eigenvalue weighted by Crippen LogP contribution is -2.61. The van der Waals surface area contributed by atoms with Gasteiger partial charge in [-0.15, -0.1) is 0 Å². The molecule has 0 fully saturated rings. The molecule has 1 aliphatic carbocycles. The van der Waals surface area contributed by atoms with Crippen LogP contribution in [0.5, 0.6) is 0 Å². The fourth-order valence-corrected chi connectivity index (χ4v) is 12.3. The molecule has 324 valence electrons. The predicted molar refractivity (Wildman–Crippen MR) is 281 cm³/mol. The Labute approximate surface area is 392 Å². The smallest absolute Gasteiger partial charge is 0.252 e. The van der Waals surface area contributed by atoms with Crippen LogP contribution in [0.1, 0.15) is 89.6 Å². The molecular formula is C62H58BN3. The maximum absolute atomic E-state index is 2.75. The topological polar surface area (TPSA) is 9.72 Å². The number of nitrogens with zero attached hydrogens (tertiary/aromatic N) is 3. The zero-order valence-corrected chi connectivity index (χ0v) is 39.7. The molecule has 0 saturated carbocycles. The molecule has 0 saturated heterocycles. The van der Waals surface area contributed by atoms with E-state index in [-0.39, 0.29) is 23.0 Å². The molecule has 12 rings (SSSR count). The predicted octanol–water partition coefficient (Wildman–Crippen LogP) is 14.3. The third kappa shape index (κ3) is 5.83. The number of para-hydroxylation sites is 2. The molecule has 0 spiro atoms. The molecule has 3 heterocycles. The van der Waals surface area contributed by atoms with Crippen LogP contribution in [0.25, 0.3) is 11.1 Å². The first kappa shape index (κ1) is 40.7. The largest absolute Gasteiger partial charge is 0.330 e. The second-order valence-corrected chi connectivity index (χ2v) is 21.7. The van der Waals surface area contributed by atoms with E-state index in [1.807, 2.05) is 0 Å². The highest BCUT2D eigenvalue weighted by molar-refractivity contribution is 7.00. The van der Waals surface area contributed by atoms with Crippen molar-refractivity contribution in [3.8, 4) is 11.1 Å². The fourth-order valence-electron chi connectivity index (χ4n) is 12.3. The normalized spacial score (nSPS) is 19.1. The third-order valence-electron chi connectivity index (χ3n) is 16.0. The molecule has 0 radical (unpaired) electrons. The molecule has 2 atom stereocenters. The highest BCUT2D eigenvalue weighted by Crippen LogP contribution is 2.65. The van der Waals surface area contributed by atoms with E-state index >= 15 is 0 Å². The average Bonchev–Trinajstić information content (AvgIpc) is 3.54. The van der Waals surface area contributed by atoms with E-state index < -0.39 is 5.54 Å². The zero-order chi connectivity index (χ0) is 45.3. The lowest BCUT2D eigenvalue weighted by Gasteiger charge is -2.52. The van der Waals surface area contributed by atoms with Gasteiger partial charge in [0.25, 0.3) is 6.71 Å². The van der Waals surface area contributed by atoms with E-state index in [0.29, 0.717) is 0 Å². The molecule has 8 aromatic rings. The first-order valence-electron chi connectivity index (χ1n) is 24.0. The summed E-state index contributed by atoms with van der Waals surface area (Å²) >= 11 is 0. The Morgan fingerprint density at radius 1 is 0.439 bits per heavy atom. The van der Waals surface area contributed by atoms with Crippen LogP contribution in [-0.4, -0.2) is 6.71 Å². The van der Waals surface area contributed by atoms with Crippen LogP contribution in [0.4, 0.5) is 45.5 Å². The first-order chi connectivity index (χ1) is 31.8. The van der Waals surface area contributed by atoms with Crippen molar-refractivity contribution < 1.29 is 0 Å². The summed E-state index contributed by atoms with van der Waals surface area (Å²) in [5.74, 6) is 0. The number of hydrogen-bond acceptors (Lipinski definition) is 3. The molecule has 4 heteroatoms. The second-order valence-electron chi connectivity index (χ2n) is 21.7. The van der Waals surface area contributed by atoms with Gasteiger partial charge in [0, 0.05) is 50.9 Å². The summed E-state index contributed by atoms with van der Waals surface area (Å²) in [4.78, 5) is 7.90. The van der Waals surface area contributed by atoms with Gasteiger partial charge in [-0.05, 0) is 147 Å². The quantitative estimate of drug-likeness (QED) is 0.163. The van der Waals surface area contributed by atoms with E-state index in [0.717, 1.165) is 18.5 Å². The Morgan fingerprint density at radius 3 is 1.71 bits per heavy atom. The minimum absolute atomic E-state index is 0.0205. The Morgan fingerprint density at radius 2 is 1.02 bits per heavy atom. The Bertz CT molecular complexity index is 3210. The number of rotatable bonds is 4. The van der Waals surface area contributed by atoms with Crippen molar-refractivity contribution in [2.75, 3.05) is 14.7 Å². The van der Waals surface area contributed by atoms with Crippen molar-refractivity contribution in [1.29, 1.82) is 0 Å². The van der Waals surface area contributed by atoms with Crippen molar-refractivity contribution in [1.82, 2.24) is 0 Å². The van der Waals surface area contributed by atoms with Crippen molar-refractivity contribution in [3.05, 3.63) is 210 Å². The number of benzene rings is 8. The summed E-state index contributed by atoms with van der Waals surface area (Å²) in [6.07, 6.45) is 2.11. The minimum Gasteiger partial charge on any atom is -0.330 e. The van der Waals surface area contributed by atoms with Crippen molar-refractivity contribution in [2.45, 2.75) is 90.0 Å². The van der Waals surface area contributed by atoms with Crippen LogP contribution in [0.15, 0.2) is 182 Å². The van der Waals surface area contributed by atoms with Crippen LogP contribution in [0, 0.1) is 0 Å². The van der Waals surface area contributed by atoms with E-state index in [4.69, 9.17) is 0 Å². The van der Waals surface area contributed by atoms with Crippen LogP contribution in [0.2, 0.25) is 0 Å². The summed E-state index contributed by atoms with van der Waals surface area (Å²) in [7, 11) is 0. The number of hydrogen-bond donors (Lipinski definition) is 0. The number of fused-ring (bicyclic) bond motifs is 9. The Kier molecular flexibility index (Phi) is 8.86. The Hall–Kier alpha value is -6.78. The molecule has 0 aromatic heterocycles. The van der Waals surface area contributed by atoms with Gasteiger partial charge in [0.2, 0.25) is 0 Å². The van der Waals surface area contributed by atoms with Gasteiger partial charge in [-0.3, -0.25) is 0 Å². The highest BCUT2D eigenvalue weighted by Gasteiger charge is 2.60. The van der Waals surface area contributed by atoms with E-state index in [2.05, 4.69) is 252 Å². The van der Waals surface area contributed by atoms with Gasteiger partial charge < -0.3 is 14.7 Å². The summed E-state index contributed by atoms with van der Waals surface area (Å²) in [5.41, 5.74) is 22.7. The van der Waals surface area contributed by atoms with Crippen LogP contribution < -0.4 is 31.1 Å². The zero-order valence-electron chi connectivity index (χ0n) is 39.7. The van der Waals surface area contributed by atoms with Crippen molar-refractivity contribution in [2.24, 2.45) is 0 Å². The van der Waals surface area contributed by atoms with Gasteiger partial charge in [0.05, 0.1) is 5.54 Å². The molecule has 3 nitrogen and oxygen atoms in total. The van der Waals surface area contributed by atoms with E-state index in [9.17, 15) is 0 Å². The van der Waals surface area contributed by atoms with Gasteiger partial charge in [-0.25, -0.2) is 0 Å². The number of anilines is 8. The van der Waals surface area contributed by atoms with Crippen LogP contribution >= 0.6 is 0 Å². The third-order valence-corrected chi connectivity index (χ3v) is 16.0. The van der Waals surface area contributed by atoms with Crippen LogP contribution in [0.3, 0.4) is 0 Å². The molecule has 0 N–H and O–H groups in total. The monoisotopic (exact) mass is 855 g/mol. The molecule has 0 bridgehead atoms. The summed E-state index contributed by atoms with van der Waals surface area (Å²) in [5, 5.41) is 0. The summed E-state index contributed by atoms with van der Waals surface area (Å²) in [6, 6.07) is 69.6. The molecular weight excluding hydrogens is 798 g/mol. The molecule has 3 aliphatic heterocycles. The maximum atomic E-state index is 2.75. The Balaban J connectivity index is 1.19. The van der Waals surface area contributed by atoms with Gasteiger partial charge >= 0.3 is 0 Å². The molecule has 2 unspecified atom stereocenters. The minimum atomic E-state index is -0.392. The summed E-state index contributed by atoms with van der Waals surface area (Å²) in [6.45, 7) is 19.1. The molecule has 8 aromatic carbocycles. The lowest BCUT2D eigenvalue weighted by atomic mass is 9.33. The maximum Gasteiger partial charge on any atom is 0.252 e. The van der Waals surface area contributed by atoms with Gasteiger partial charge in [0.15, 0.2) is 0 Å². The fraction of sp³-hybridized carbons (Fsp3) is 0.226. The highest BCUT2D eigenvalue weighted by atomic mass is 15.3. The van der Waals surface area contributed by atoms with Gasteiger partial charge in [-0.2, -0.15) is 0 Å². The SMILES string of the molecule is CC(C)(C)c1ccc(N2c3ccc(C(C)(C)C)cc3B3c4ccccc4N(c4ccccc4)c4cc(N5c6ccc(-c7ccccc7)cc6C6(C)CCc7ccccc7C56C)cc2c43)cc1. The molecule has 66 heavy (non-hydrogen) atoms.